The van der Waals surface area contributed by atoms with E-state index in [1.54, 1.807) is 14.2 Å². The Morgan fingerprint density at radius 3 is 2.08 bits per heavy atom. The van der Waals surface area contributed by atoms with Gasteiger partial charge in [-0.3, -0.25) is 0 Å². The van der Waals surface area contributed by atoms with Crippen LogP contribution in [0.1, 0.15) is 31.9 Å². The molecule has 0 saturated carbocycles. The molecule has 0 spiro atoms. The van der Waals surface area contributed by atoms with Crippen LogP contribution in [0, 0.1) is 5.92 Å². The molecule has 0 aliphatic heterocycles. The summed E-state index contributed by atoms with van der Waals surface area (Å²) < 4.78 is 35.8. The number of carbonyl (C=O) groups excluding carboxylic acids is 1. The molecule has 2 aromatic rings. The summed E-state index contributed by atoms with van der Waals surface area (Å²) in [6.07, 6.45) is 2.75. The molecule has 0 bridgehead atoms. The maximum absolute atomic E-state index is 12.9. The fourth-order valence-corrected chi connectivity index (χ4v) is 7.83. The van der Waals surface area contributed by atoms with Crippen LogP contribution in [0.3, 0.4) is 0 Å². The van der Waals surface area contributed by atoms with Gasteiger partial charge in [0.25, 0.3) is 0 Å². The highest BCUT2D eigenvalue weighted by molar-refractivity contribution is 6.73. The standard InChI is InChI=1S/C31H44O7Si/c1-6-39(7-2,8-3)38-31-27(22-33-4)28(36-21-24-12-10-9-11-13-24)18-19-29(31)37-30(32)23-35-20-25-14-16-26(34-5)17-15-25/h9-19,27-29,31H,6-8,20-23H2,1-5H3/t27-,28-,29-,31-/m1/s1. The van der Waals surface area contributed by atoms with E-state index in [4.69, 9.17) is 28.1 Å². The lowest BCUT2D eigenvalue weighted by Gasteiger charge is -2.43. The van der Waals surface area contributed by atoms with Crippen LogP contribution < -0.4 is 4.74 Å². The van der Waals surface area contributed by atoms with Crippen molar-refractivity contribution in [2.75, 3.05) is 27.4 Å². The molecule has 3 rings (SSSR count). The zero-order chi connectivity index (χ0) is 28.1. The van der Waals surface area contributed by atoms with Crippen molar-refractivity contribution < 1.29 is 32.9 Å². The molecule has 8 heteroatoms. The van der Waals surface area contributed by atoms with Gasteiger partial charge in [-0.05, 0) is 47.5 Å². The number of ether oxygens (including phenoxy) is 5. The SMILES string of the molecule is CC[Si](CC)(CC)O[C@@H]1[C@H](COC)[C@H](OCc2ccccc2)C=C[C@H]1OC(=O)COCc1ccc(OC)cc1. The van der Waals surface area contributed by atoms with Crippen molar-refractivity contribution in [3.05, 3.63) is 77.9 Å². The normalized spacial score (nSPS) is 21.1. The fourth-order valence-electron chi connectivity index (χ4n) is 4.94. The summed E-state index contributed by atoms with van der Waals surface area (Å²) >= 11 is 0. The lowest BCUT2D eigenvalue weighted by molar-refractivity contribution is -0.162. The summed E-state index contributed by atoms with van der Waals surface area (Å²) in [6.45, 7) is 7.65. The molecule has 0 radical (unpaired) electrons. The molecule has 0 saturated heterocycles. The minimum absolute atomic E-state index is 0.127. The summed E-state index contributed by atoms with van der Waals surface area (Å²) in [5.41, 5.74) is 2.05. The molecule has 0 aromatic heterocycles. The maximum Gasteiger partial charge on any atom is 0.332 e. The number of carbonyl (C=O) groups is 1. The maximum atomic E-state index is 12.9. The number of methoxy groups -OCH3 is 2. The molecule has 0 N–H and O–H groups in total. The Kier molecular flexibility index (Phi) is 12.7. The second-order valence-corrected chi connectivity index (χ2v) is 14.6. The highest BCUT2D eigenvalue weighted by Crippen LogP contribution is 2.34. The van der Waals surface area contributed by atoms with Gasteiger partial charge in [-0.1, -0.05) is 69.3 Å². The first kappa shape index (κ1) is 31.0. The molecule has 214 valence electrons. The number of hydrogen-bond donors (Lipinski definition) is 0. The smallest absolute Gasteiger partial charge is 0.332 e. The third-order valence-electron chi connectivity index (χ3n) is 7.54. The lowest BCUT2D eigenvalue weighted by Crippen LogP contribution is -2.54. The van der Waals surface area contributed by atoms with Gasteiger partial charge >= 0.3 is 5.97 Å². The number of hydrogen-bond acceptors (Lipinski definition) is 7. The van der Waals surface area contributed by atoms with E-state index in [0.717, 1.165) is 35.0 Å². The third kappa shape index (κ3) is 9.01. The molecule has 2 aromatic carbocycles. The van der Waals surface area contributed by atoms with E-state index in [1.807, 2.05) is 66.7 Å². The van der Waals surface area contributed by atoms with Gasteiger partial charge in [0.05, 0.1) is 39.1 Å². The number of benzene rings is 2. The van der Waals surface area contributed by atoms with Gasteiger partial charge in [-0.2, -0.15) is 0 Å². The van der Waals surface area contributed by atoms with Crippen molar-refractivity contribution in [2.45, 2.75) is 70.4 Å². The van der Waals surface area contributed by atoms with E-state index in [9.17, 15) is 4.79 Å². The van der Waals surface area contributed by atoms with Crippen LogP contribution in [0.2, 0.25) is 18.1 Å². The van der Waals surface area contributed by atoms with E-state index in [2.05, 4.69) is 20.8 Å². The molecule has 4 atom stereocenters. The predicted octanol–water partition coefficient (Wildman–Crippen LogP) is 5.93. The van der Waals surface area contributed by atoms with Crippen LogP contribution in [0.4, 0.5) is 0 Å². The topological polar surface area (TPSA) is 72.5 Å². The quantitative estimate of drug-likeness (QED) is 0.144. The van der Waals surface area contributed by atoms with Crippen LogP contribution in [0.5, 0.6) is 5.75 Å². The van der Waals surface area contributed by atoms with E-state index >= 15 is 0 Å². The summed E-state index contributed by atoms with van der Waals surface area (Å²) in [4.78, 5) is 12.9. The Hall–Kier alpha value is -2.49. The molecule has 0 unspecified atom stereocenters. The molecular weight excluding hydrogens is 512 g/mol. The molecule has 0 fully saturated rings. The Balaban J connectivity index is 1.72. The first-order chi connectivity index (χ1) is 19.0. The van der Waals surface area contributed by atoms with Crippen LogP contribution >= 0.6 is 0 Å². The Morgan fingerprint density at radius 1 is 0.821 bits per heavy atom. The van der Waals surface area contributed by atoms with Crippen molar-refractivity contribution in [1.29, 1.82) is 0 Å². The molecule has 1 aliphatic carbocycles. The van der Waals surface area contributed by atoms with Crippen LogP contribution in [0.25, 0.3) is 0 Å². The largest absolute Gasteiger partial charge is 0.497 e. The van der Waals surface area contributed by atoms with Gasteiger partial charge in [0.15, 0.2) is 8.32 Å². The summed E-state index contributed by atoms with van der Waals surface area (Å²) in [5.74, 6) is 0.220. The van der Waals surface area contributed by atoms with Gasteiger partial charge in [-0.25, -0.2) is 4.79 Å². The predicted molar refractivity (Wildman–Crippen MR) is 154 cm³/mol. The average Bonchev–Trinajstić information content (AvgIpc) is 2.97. The molecule has 0 heterocycles. The number of esters is 1. The zero-order valence-electron chi connectivity index (χ0n) is 24.0. The van der Waals surface area contributed by atoms with Crippen molar-refractivity contribution in [3.8, 4) is 5.75 Å². The summed E-state index contributed by atoms with van der Waals surface area (Å²) in [5, 5.41) is 0. The second kappa shape index (κ2) is 15.9. The Bertz CT molecular complexity index is 999. The highest BCUT2D eigenvalue weighted by Gasteiger charge is 2.44. The zero-order valence-corrected chi connectivity index (χ0v) is 25.0. The van der Waals surface area contributed by atoms with Gasteiger partial charge in [0, 0.05) is 13.0 Å². The van der Waals surface area contributed by atoms with Crippen LogP contribution in [-0.2, 0) is 41.4 Å². The Labute approximate surface area is 234 Å². The van der Waals surface area contributed by atoms with Gasteiger partial charge in [0.1, 0.15) is 18.5 Å². The van der Waals surface area contributed by atoms with Crippen molar-refractivity contribution in [3.63, 3.8) is 0 Å². The minimum atomic E-state index is -2.04. The van der Waals surface area contributed by atoms with Crippen molar-refractivity contribution in [2.24, 2.45) is 5.92 Å². The second-order valence-electron chi connectivity index (χ2n) is 9.89. The third-order valence-corrected chi connectivity index (χ3v) is 12.2. The van der Waals surface area contributed by atoms with Gasteiger partial charge in [-0.15, -0.1) is 0 Å². The van der Waals surface area contributed by atoms with Crippen molar-refractivity contribution >= 4 is 14.3 Å². The fraction of sp³-hybridized carbons (Fsp3) is 0.516. The van der Waals surface area contributed by atoms with E-state index in [1.165, 1.54) is 0 Å². The summed E-state index contributed by atoms with van der Waals surface area (Å²) in [6, 6.07) is 20.6. The first-order valence-electron chi connectivity index (χ1n) is 13.9. The molecule has 1 aliphatic rings. The summed E-state index contributed by atoms with van der Waals surface area (Å²) in [7, 11) is 1.27. The molecule has 0 amide bonds. The molecule has 7 nitrogen and oxygen atoms in total. The monoisotopic (exact) mass is 556 g/mol. The van der Waals surface area contributed by atoms with Crippen LogP contribution in [-0.4, -0.2) is 60.0 Å². The minimum Gasteiger partial charge on any atom is -0.497 e. The lowest BCUT2D eigenvalue weighted by atomic mass is 9.87. The van der Waals surface area contributed by atoms with Crippen molar-refractivity contribution in [1.82, 2.24) is 0 Å². The number of rotatable bonds is 16. The Morgan fingerprint density at radius 2 is 1.46 bits per heavy atom. The molecular formula is C31H44O7Si. The van der Waals surface area contributed by atoms with E-state index < -0.39 is 20.4 Å². The van der Waals surface area contributed by atoms with Gasteiger partial charge < -0.3 is 28.1 Å². The van der Waals surface area contributed by atoms with E-state index in [-0.39, 0.29) is 24.7 Å². The first-order valence-corrected chi connectivity index (χ1v) is 16.4. The highest BCUT2D eigenvalue weighted by atomic mass is 28.4. The van der Waals surface area contributed by atoms with E-state index in [0.29, 0.717) is 19.8 Å². The molecule has 39 heavy (non-hydrogen) atoms. The van der Waals surface area contributed by atoms with Crippen LogP contribution in [0.15, 0.2) is 66.7 Å². The van der Waals surface area contributed by atoms with Gasteiger partial charge in [0.2, 0.25) is 0 Å². The average molecular weight is 557 g/mol.